The Labute approximate surface area is 171 Å². The van der Waals surface area contributed by atoms with Crippen molar-refractivity contribution in [1.29, 1.82) is 0 Å². The summed E-state index contributed by atoms with van der Waals surface area (Å²) in [5.74, 6) is 0. The number of fused-ring (bicyclic) bond motifs is 1. The summed E-state index contributed by atoms with van der Waals surface area (Å²) in [6.07, 6.45) is 0. The largest absolute Gasteiger partial charge is 0.247 e. The maximum atomic E-state index is 5.13. The second-order valence-corrected chi connectivity index (χ2v) is 7.33. The van der Waals surface area contributed by atoms with Crippen molar-refractivity contribution in [2.24, 2.45) is 0 Å². The Morgan fingerprint density at radius 3 is 1.72 bits per heavy atom. The average molecular weight is 371 g/mol. The van der Waals surface area contributed by atoms with Gasteiger partial charge in [-0.05, 0) is 24.1 Å². The number of aryl methyl sites for hydroxylation is 1. The molecule has 0 radical (unpaired) electrons. The standard InChI is InChI=1S/C28H21N/c1-20-16-18-22(19-17-20)26-24-14-8-9-15-25(24)29-28(23-12-6-3-7-13-23)27(26)21-10-4-2-5-11-21/h2-19H,1H3. The Hall–Kier alpha value is -3.71. The summed E-state index contributed by atoms with van der Waals surface area (Å²) in [6.45, 7) is 2.13. The monoisotopic (exact) mass is 371 g/mol. The van der Waals surface area contributed by atoms with E-state index in [1.54, 1.807) is 0 Å². The quantitative estimate of drug-likeness (QED) is 0.319. The van der Waals surface area contributed by atoms with Gasteiger partial charge in [-0.2, -0.15) is 0 Å². The molecule has 1 heterocycles. The smallest absolute Gasteiger partial charge is 0.0794 e. The van der Waals surface area contributed by atoms with Gasteiger partial charge in [0.25, 0.3) is 0 Å². The van der Waals surface area contributed by atoms with E-state index in [0.29, 0.717) is 0 Å². The van der Waals surface area contributed by atoms with Crippen molar-refractivity contribution >= 4 is 10.9 Å². The fourth-order valence-electron chi connectivity index (χ4n) is 3.92. The molecule has 0 bridgehead atoms. The van der Waals surface area contributed by atoms with Crippen LogP contribution in [0.1, 0.15) is 5.56 Å². The molecule has 4 aromatic carbocycles. The van der Waals surface area contributed by atoms with Gasteiger partial charge in [0.05, 0.1) is 11.2 Å². The van der Waals surface area contributed by atoms with E-state index < -0.39 is 0 Å². The molecule has 0 saturated heterocycles. The number of rotatable bonds is 3. The highest BCUT2D eigenvalue weighted by Gasteiger charge is 2.19. The molecular weight excluding hydrogens is 350 g/mol. The number of aromatic nitrogens is 1. The Kier molecular flexibility index (Phi) is 4.42. The van der Waals surface area contributed by atoms with Gasteiger partial charge in [-0.15, -0.1) is 0 Å². The highest BCUT2D eigenvalue weighted by Crippen LogP contribution is 2.43. The van der Waals surface area contributed by atoms with E-state index in [1.165, 1.54) is 33.2 Å². The molecule has 0 N–H and O–H groups in total. The van der Waals surface area contributed by atoms with Crippen LogP contribution < -0.4 is 0 Å². The zero-order chi connectivity index (χ0) is 19.6. The first kappa shape index (κ1) is 17.4. The first-order chi connectivity index (χ1) is 14.3. The maximum Gasteiger partial charge on any atom is 0.0794 e. The summed E-state index contributed by atoms with van der Waals surface area (Å²) in [5.41, 5.74) is 9.24. The summed E-state index contributed by atoms with van der Waals surface area (Å²) < 4.78 is 0. The third-order valence-electron chi connectivity index (χ3n) is 5.34. The van der Waals surface area contributed by atoms with E-state index in [0.717, 1.165) is 16.8 Å². The number of para-hydroxylation sites is 1. The summed E-state index contributed by atoms with van der Waals surface area (Å²) in [7, 11) is 0. The van der Waals surface area contributed by atoms with Gasteiger partial charge in [0.1, 0.15) is 0 Å². The predicted octanol–water partition coefficient (Wildman–Crippen LogP) is 7.54. The van der Waals surface area contributed by atoms with Crippen LogP contribution in [0.15, 0.2) is 109 Å². The molecule has 0 amide bonds. The molecule has 0 fully saturated rings. The zero-order valence-electron chi connectivity index (χ0n) is 16.3. The third kappa shape index (κ3) is 3.21. The molecule has 1 aromatic heterocycles. The predicted molar refractivity (Wildman–Crippen MR) is 123 cm³/mol. The van der Waals surface area contributed by atoms with Crippen LogP contribution in [0.3, 0.4) is 0 Å². The van der Waals surface area contributed by atoms with E-state index in [4.69, 9.17) is 4.98 Å². The number of hydrogen-bond donors (Lipinski definition) is 0. The maximum absolute atomic E-state index is 5.13. The van der Waals surface area contributed by atoms with Crippen LogP contribution in [-0.4, -0.2) is 4.98 Å². The molecule has 0 aliphatic carbocycles. The van der Waals surface area contributed by atoms with Crippen molar-refractivity contribution in [3.63, 3.8) is 0 Å². The molecule has 138 valence electrons. The third-order valence-corrected chi connectivity index (χ3v) is 5.34. The highest BCUT2D eigenvalue weighted by atomic mass is 14.7. The summed E-state index contributed by atoms with van der Waals surface area (Å²) in [6, 6.07) is 38.3. The van der Waals surface area contributed by atoms with Gasteiger partial charge in [-0.3, -0.25) is 0 Å². The fraction of sp³-hybridized carbons (Fsp3) is 0.0357. The summed E-state index contributed by atoms with van der Waals surface area (Å²) in [4.78, 5) is 5.13. The van der Waals surface area contributed by atoms with E-state index >= 15 is 0 Å². The van der Waals surface area contributed by atoms with Crippen molar-refractivity contribution in [3.8, 4) is 33.5 Å². The van der Waals surface area contributed by atoms with Crippen LogP contribution >= 0.6 is 0 Å². The molecule has 0 spiro atoms. The molecule has 5 aromatic rings. The van der Waals surface area contributed by atoms with Crippen LogP contribution in [0.2, 0.25) is 0 Å². The fourth-order valence-corrected chi connectivity index (χ4v) is 3.92. The van der Waals surface area contributed by atoms with Gasteiger partial charge in [-0.1, -0.05) is 109 Å². The topological polar surface area (TPSA) is 12.9 Å². The second kappa shape index (κ2) is 7.37. The van der Waals surface area contributed by atoms with Crippen LogP contribution in [0.4, 0.5) is 0 Å². The van der Waals surface area contributed by atoms with Crippen LogP contribution in [0.25, 0.3) is 44.4 Å². The molecule has 0 unspecified atom stereocenters. The average Bonchev–Trinajstić information content (AvgIpc) is 2.79. The SMILES string of the molecule is Cc1ccc(-c2c(-c3ccccc3)c(-c3ccccc3)nc3ccccc23)cc1. The first-order valence-corrected chi connectivity index (χ1v) is 9.92. The molecule has 0 atom stereocenters. The van der Waals surface area contributed by atoms with Crippen LogP contribution in [-0.2, 0) is 0 Å². The van der Waals surface area contributed by atoms with Gasteiger partial charge in [0.2, 0.25) is 0 Å². The molecule has 5 rings (SSSR count). The van der Waals surface area contributed by atoms with E-state index in [1.807, 2.05) is 6.07 Å². The van der Waals surface area contributed by atoms with E-state index in [9.17, 15) is 0 Å². The number of nitrogens with zero attached hydrogens (tertiary/aromatic N) is 1. The second-order valence-electron chi connectivity index (χ2n) is 7.33. The normalized spacial score (nSPS) is 10.9. The lowest BCUT2D eigenvalue weighted by molar-refractivity contribution is 1.39. The molecular formula is C28H21N. The van der Waals surface area contributed by atoms with Crippen molar-refractivity contribution in [2.75, 3.05) is 0 Å². The van der Waals surface area contributed by atoms with Gasteiger partial charge >= 0.3 is 0 Å². The molecule has 29 heavy (non-hydrogen) atoms. The number of benzene rings is 4. The molecule has 1 heteroatoms. The van der Waals surface area contributed by atoms with Crippen molar-refractivity contribution in [1.82, 2.24) is 4.98 Å². The Balaban J connectivity index is 1.96. The minimum Gasteiger partial charge on any atom is -0.247 e. The first-order valence-electron chi connectivity index (χ1n) is 9.92. The van der Waals surface area contributed by atoms with Crippen molar-refractivity contribution in [3.05, 3.63) is 115 Å². The molecule has 0 aliphatic rings. The van der Waals surface area contributed by atoms with Gasteiger partial charge in [0.15, 0.2) is 0 Å². The van der Waals surface area contributed by atoms with Crippen molar-refractivity contribution < 1.29 is 0 Å². The lowest BCUT2D eigenvalue weighted by Crippen LogP contribution is -1.96. The van der Waals surface area contributed by atoms with Crippen LogP contribution in [0.5, 0.6) is 0 Å². The number of hydrogen-bond acceptors (Lipinski definition) is 1. The zero-order valence-corrected chi connectivity index (χ0v) is 16.3. The summed E-state index contributed by atoms with van der Waals surface area (Å²) >= 11 is 0. The minimum absolute atomic E-state index is 1.02. The van der Waals surface area contributed by atoms with E-state index in [-0.39, 0.29) is 0 Å². The lowest BCUT2D eigenvalue weighted by atomic mass is 9.88. The Morgan fingerprint density at radius 2 is 1.03 bits per heavy atom. The lowest BCUT2D eigenvalue weighted by Gasteiger charge is -2.18. The molecule has 0 saturated carbocycles. The van der Waals surface area contributed by atoms with Gasteiger partial charge in [-0.25, -0.2) is 4.98 Å². The van der Waals surface area contributed by atoms with Gasteiger partial charge in [0, 0.05) is 22.1 Å². The minimum atomic E-state index is 1.02. The summed E-state index contributed by atoms with van der Waals surface area (Å²) in [5, 5.41) is 1.18. The Morgan fingerprint density at radius 1 is 0.483 bits per heavy atom. The molecule has 1 nitrogen and oxygen atoms in total. The van der Waals surface area contributed by atoms with E-state index in [2.05, 4.69) is 110 Å². The Bertz CT molecular complexity index is 1270. The number of pyridine rings is 1. The van der Waals surface area contributed by atoms with Gasteiger partial charge < -0.3 is 0 Å². The van der Waals surface area contributed by atoms with Crippen molar-refractivity contribution in [2.45, 2.75) is 6.92 Å². The van der Waals surface area contributed by atoms with Crippen LogP contribution in [0, 0.1) is 6.92 Å². The highest BCUT2D eigenvalue weighted by molar-refractivity contribution is 6.06. The molecule has 0 aliphatic heterocycles.